The average molecular weight is 211 g/mol. The van der Waals surface area contributed by atoms with E-state index in [0.29, 0.717) is 6.61 Å². The van der Waals surface area contributed by atoms with Gasteiger partial charge >= 0.3 is 0 Å². The topological polar surface area (TPSA) is 21.6 Å². The molecular formula is C14H13NO. The molecular weight excluding hydrogens is 198 g/mol. The van der Waals surface area contributed by atoms with E-state index in [4.69, 9.17) is 4.74 Å². The molecule has 0 saturated carbocycles. The minimum atomic E-state index is 0.165. The molecule has 0 bridgehead atoms. The van der Waals surface area contributed by atoms with Crippen LogP contribution in [-0.4, -0.2) is 12.5 Å². The Morgan fingerprint density at radius 1 is 1.19 bits per heavy atom. The summed E-state index contributed by atoms with van der Waals surface area (Å²) in [4.78, 5) is 4.63. The first kappa shape index (κ1) is 9.40. The molecule has 0 fully saturated rings. The van der Waals surface area contributed by atoms with Crippen molar-refractivity contribution in [2.24, 2.45) is 4.99 Å². The van der Waals surface area contributed by atoms with Crippen molar-refractivity contribution in [3.05, 3.63) is 59.7 Å². The number of rotatable bonds is 2. The maximum atomic E-state index is 5.65. The summed E-state index contributed by atoms with van der Waals surface area (Å²) < 4.78 is 5.65. The van der Waals surface area contributed by atoms with Gasteiger partial charge in [0.25, 0.3) is 0 Å². The van der Waals surface area contributed by atoms with Gasteiger partial charge in [0.1, 0.15) is 12.6 Å². The molecule has 2 nitrogen and oxygen atoms in total. The molecule has 0 spiro atoms. The Kier molecular flexibility index (Phi) is 2.33. The number of hydrogen-bond acceptors (Lipinski definition) is 2. The summed E-state index contributed by atoms with van der Waals surface area (Å²) in [6.45, 7) is 0.663. The minimum Gasteiger partial charge on any atom is -0.475 e. The van der Waals surface area contributed by atoms with Gasteiger partial charge in [0.15, 0.2) is 0 Å². The van der Waals surface area contributed by atoms with Crippen molar-refractivity contribution in [1.29, 1.82) is 0 Å². The summed E-state index contributed by atoms with van der Waals surface area (Å²) in [5.41, 5.74) is 2.42. The van der Waals surface area contributed by atoms with Gasteiger partial charge in [0.05, 0.1) is 0 Å². The lowest BCUT2D eigenvalue weighted by atomic mass is 10.1. The van der Waals surface area contributed by atoms with E-state index < -0.39 is 0 Å². The van der Waals surface area contributed by atoms with Gasteiger partial charge in [-0.2, -0.15) is 0 Å². The molecule has 0 radical (unpaired) electrons. The maximum Gasteiger partial charge on any atom is 0.213 e. The van der Waals surface area contributed by atoms with Crippen LogP contribution in [0.5, 0.6) is 0 Å². The van der Waals surface area contributed by atoms with Crippen LogP contribution in [0.15, 0.2) is 59.1 Å². The van der Waals surface area contributed by atoms with Crippen molar-refractivity contribution in [3.63, 3.8) is 0 Å². The largest absolute Gasteiger partial charge is 0.475 e. The Morgan fingerprint density at radius 2 is 2.06 bits per heavy atom. The third-order valence-corrected chi connectivity index (χ3v) is 2.88. The Bertz CT molecular complexity index is 471. The summed E-state index contributed by atoms with van der Waals surface area (Å²) in [5.74, 6) is 0.818. The molecule has 1 aliphatic carbocycles. The molecule has 16 heavy (non-hydrogen) atoms. The number of ether oxygens (including phenoxy) is 1. The number of benzene rings is 1. The van der Waals surface area contributed by atoms with E-state index >= 15 is 0 Å². The van der Waals surface area contributed by atoms with Gasteiger partial charge in [-0.1, -0.05) is 48.6 Å². The molecule has 0 aromatic heterocycles. The quantitative estimate of drug-likeness (QED) is 0.736. The van der Waals surface area contributed by atoms with Crippen molar-refractivity contribution >= 4 is 5.90 Å². The van der Waals surface area contributed by atoms with Gasteiger partial charge in [-0.15, -0.1) is 0 Å². The summed E-state index contributed by atoms with van der Waals surface area (Å²) in [6, 6.07) is 10.5. The SMILES string of the molecule is C1=CCC(C2=N[C@@H](c3ccccc3)CO2)=C1. The molecule has 1 aliphatic heterocycles. The van der Waals surface area contributed by atoms with E-state index in [2.05, 4.69) is 35.4 Å². The van der Waals surface area contributed by atoms with Crippen molar-refractivity contribution in [2.75, 3.05) is 6.61 Å². The Morgan fingerprint density at radius 3 is 2.81 bits per heavy atom. The lowest BCUT2D eigenvalue weighted by Gasteiger charge is -2.03. The third-order valence-electron chi connectivity index (χ3n) is 2.88. The number of nitrogens with zero attached hydrogens (tertiary/aromatic N) is 1. The van der Waals surface area contributed by atoms with Gasteiger partial charge < -0.3 is 4.74 Å². The zero-order valence-electron chi connectivity index (χ0n) is 8.97. The summed E-state index contributed by atoms with van der Waals surface area (Å²) >= 11 is 0. The molecule has 0 saturated heterocycles. The highest BCUT2D eigenvalue weighted by Gasteiger charge is 2.22. The Hall–Kier alpha value is -1.83. The maximum absolute atomic E-state index is 5.65. The van der Waals surface area contributed by atoms with Gasteiger partial charge in [-0.3, -0.25) is 0 Å². The van der Waals surface area contributed by atoms with Gasteiger partial charge in [0.2, 0.25) is 5.90 Å². The van der Waals surface area contributed by atoms with E-state index in [1.807, 2.05) is 18.2 Å². The first-order valence-corrected chi connectivity index (χ1v) is 5.55. The molecule has 80 valence electrons. The van der Waals surface area contributed by atoms with Crippen LogP contribution in [0.3, 0.4) is 0 Å². The highest BCUT2D eigenvalue weighted by Crippen LogP contribution is 2.26. The predicted molar refractivity (Wildman–Crippen MR) is 64.4 cm³/mol. The van der Waals surface area contributed by atoms with Crippen LogP contribution in [0.25, 0.3) is 0 Å². The molecule has 1 aromatic rings. The first-order valence-electron chi connectivity index (χ1n) is 5.55. The van der Waals surface area contributed by atoms with Crippen molar-refractivity contribution < 1.29 is 4.74 Å². The molecule has 2 heteroatoms. The number of hydrogen-bond donors (Lipinski definition) is 0. The summed E-state index contributed by atoms with van der Waals surface area (Å²) in [5, 5.41) is 0. The van der Waals surface area contributed by atoms with Crippen LogP contribution in [-0.2, 0) is 4.74 Å². The van der Waals surface area contributed by atoms with E-state index in [0.717, 1.165) is 12.3 Å². The molecule has 1 aromatic carbocycles. The fraction of sp³-hybridized carbons (Fsp3) is 0.214. The van der Waals surface area contributed by atoms with Gasteiger partial charge in [-0.25, -0.2) is 4.99 Å². The molecule has 0 unspecified atom stereocenters. The van der Waals surface area contributed by atoms with Crippen LogP contribution in [0.1, 0.15) is 18.0 Å². The molecule has 2 aliphatic rings. The molecule has 0 N–H and O–H groups in total. The number of aliphatic imine (C=N–C) groups is 1. The van der Waals surface area contributed by atoms with Crippen LogP contribution < -0.4 is 0 Å². The second kappa shape index (κ2) is 3.97. The average Bonchev–Trinajstić information content (AvgIpc) is 3.01. The van der Waals surface area contributed by atoms with E-state index in [1.165, 1.54) is 11.1 Å². The monoisotopic (exact) mass is 211 g/mol. The third kappa shape index (κ3) is 1.67. The van der Waals surface area contributed by atoms with E-state index in [-0.39, 0.29) is 6.04 Å². The highest BCUT2D eigenvalue weighted by molar-refractivity contribution is 5.95. The standard InChI is InChI=1S/C14H13NO/c1-2-6-11(7-3-1)13-10-16-14(15-13)12-8-4-5-9-12/h1-8,13H,9-10H2/t13-/m1/s1. The zero-order chi connectivity index (χ0) is 10.8. The smallest absolute Gasteiger partial charge is 0.213 e. The van der Waals surface area contributed by atoms with Crippen LogP contribution in [0.4, 0.5) is 0 Å². The minimum absolute atomic E-state index is 0.165. The first-order chi connectivity index (χ1) is 7.93. The van der Waals surface area contributed by atoms with Crippen molar-refractivity contribution in [3.8, 4) is 0 Å². The van der Waals surface area contributed by atoms with Crippen LogP contribution in [0, 0.1) is 0 Å². The van der Waals surface area contributed by atoms with Crippen LogP contribution >= 0.6 is 0 Å². The van der Waals surface area contributed by atoms with Crippen LogP contribution in [0.2, 0.25) is 0 Å². The van der Waals surface area contributed by atoms with Gasteiger partial charge in [0, 0.05) is 5.57 Å². The second-order valence-electron chi connectivity index (χ2n) is 4.00. The van der Waals surface area contributed by atoms with Crippen molar-refractivity contribution in [1.82, 2.24) is 0 Å². The molecule has 1 atom stereocenters. The molecule has 1 heterocycles. The molecule has 0 amide bonds. The lowest BCUT2D eigenvalue weighted by Crippen LogP contribution is -2.01. The van der Waals surface area contributed by atoms with E-state index in [9.17, 15) is 0 Å². The van der Waals surface area contributed by atoms with Crippen molar-refractivity contribution in [2.45, 2.75) is 12.5 Å². The molecule has 3 rings (SSSR count). The lowest BCUT2D eigenvalue weighted by molar-refractivity contribution is 0.319. The normalized spacial score (nSPS) is 22.9. The number of allylic oxidation sites excluding steroid dienone is 3. The second-order valence-corrected chi connectivity index (χ2v) is 4.00. The summed E-state index contributed by atoms with van der Waals surface area (Å²) in [7, 11) is 0. The predicted octanol–water partition coefficient (Wildman–Crippen LogP) is 3.04. The fourth-order valence-corrected chi connectivity index (χ4v) is 2.00. The fourth-order valence-electron chi connectivity index (χ4n) is 2.00. The zero-order valence-corrected chi connectivity index (χ0v) is 8.97. The highest BCUT2D eigenvalue weighted by atomic mass is 16.5. The Labute approximate surface area is 95.0 Å². The summed E-state index contributed by atoms with van der Waals surface area (Å²) in [6.07, 6.45) is 7.20. The Balaban J connectivity index is 1.81. The van der Waals surface area contributed by atoms with E-state index in [1.54, 1.807) is 0 Å². The van der Waals surface area contributed by atoms with Gasteiger partial charge in [-0.05, 0) is 12.0 Å².